The van der Waals surface area contributed by atoms with Gasteiger partial charge in [-0.2, -0.15) is 5.10 Å². The Balaban J connectivity index is 1.84. The fourth-order valence-electron chi connectivity index (χ4n) is 2.70. The van der Waals surface area contributed by atoms with E-state index in [2.05, 4.69) is 5.10 Å². The fourth-order valence-corrected chi connectivity index (χ4v) is 3.00. The summed E-state index contributed by atoms with van der Waals surface area (Å²) in [5, 5.41) is 5.28. The molecule has 1 saturated heterocycles. The summed E-state index contributed by atoms with van der Waals surface area (Å²) >= 11 is 11.9. The van der Waals surface area contributed by atoms with Crippen molar-refractivity contribution >= 4 is 29.1 Å². The van der Waals surface area contributed by atoms with Gasteiger partial charge in [-0.15, -0.1) is 0 Å². The summed E-state index contributed by atoms with van der Waals surface area (Å²) in [5.74, 6) is -0.0771. The van der Waals surface area contributed by atoms with Crippen molar-refractivity contribution in [2.24, 2.45) is 5.73 Å². The van der Waals surface area contributed by atoms with Gasteiger partial charge in [0.15, 0.2) is 5.69 Å². The van der Waals surface area contributed by atoms with Crippen LogP contribution in [-0.4, -0.2) is 39.7 Å². The van der Waals surface area contributed by atoms with Gasteiger partial charge < -0.3 is 10.6 Å². The lowest BCUT2D eigenvalue weighted by Gasteiger charge is -2.22. The molecule has 1 atom stereocenters. The van der Waals surface area contributed by atoms with Crippen LogP contribution in [0.3, 0.4) is 0 Å². The van der Waals surface area contributed by atoms with E-state index in [0.29, 0.717) is 22.3 Å². The van der Waals surface area contributed by atoms with Gasteiger partial charge >= 0.3 is 0 Å². The van der Waals surface area contributed by atoms with E-state index in [0.717, 1.165) is 25.1 Å². The Morgan fingerprint density at radius 3 is 2.86 bits per heavy atom. The van der Waals surface area contributed by atoms with Crippen molar-refractivity contribution < 1.29 is 4.79 Å². The number of carbonyl (C=O) groups is 1. The lowest BCUT2D eigenvalue weighted by Crippen LogP contribution is -2.40. The van der Waals surface area contributed by atoms with Crippen LogP contribution in [0.15, 0.2) is 30.5 Å². The maximum atomic E-state index is 12.5. The third-order valence-electron chi connectivity index (χ3n) is 3.89. The largest absolute Gasteiger partial charge is 0.333 e. The summed E-state index contributed by atoms with van der Waals surface area (Å²) in [6.45, 7) is 1.22. The van der Waals surface area contributed by atoms with Gasteiger partial charge in [0.1, 0.15) is 0 Å². The number of hydrogen-bond acceptors (Lipinski definition) is 3. The molecule has 22 heavy (non-hydrogen) atoms. The monoisotopic (exact) mass is 338 g/mol. The van der Waals surface area contributed by atoms with Crippen LogP contribution in [0.4, 0.5) is 0 Å². The van der Waals surface area contributed by atoms with Gasteiger partial charge in [-0.1, -0.05) is 23.2 Å². The minimum atomic E-state index is -0.0771. The average Bonchev–Trinajstić information content (AvgIpc) is 3.17. The van der Waals surface area contributed by atoms with Crippen LogP contribution in [-0.2, 0) is 0 Å². The van der Waals surface area contributed by atoms with Crippen molar-refractivity contribution in [1.29, 1.82) is 0 Å². The zero-order valence-corrected chi connectivity index (χ0v) is 13.4. The zero-order chi connectivity index (χ0) is 15.7. The molecule has 2 heterocycles. The molecular weight excluding hydrogens is 323 g/mol. The standard InChI is InChI=1S/C15H16Cl2N4O/c16-12-4-3-10(8-13(12)17)21-7-5-14(19-21)15(22)20-6-1-2-11(20)9-18/h3-5,7-8,11H,1-2,6,9,18H2. The van der Waals surface area contributed by atoms with Crippen LogP contribution in [0, 0.1) is 0 Å². The highest BCUT2D eigenvalue weighted by Gasteiger charge is 2.29. The lowest BCUT2D eigenvalue weighted by atomic mass is 10.2. The quantitative estimate of drug-likeness (QED) is 0.935. The number of benzene rings is 1. The summed E-state index contributed by atoms with van der Waals surface area (Å²) in [6.07, 6.45) is 3.68. The highest BCUT2D eigenvalue weighted by Crippen LogP contribution is 2.24. The number of carbonyl (C=O) groups excluding carboxylic acids is 1. The van der Waals surface area contributed by atoms with Gasteiger partial charge in [-0.25, -0.2) is 4.68 Å². The van der Waals surface area contributed by atoms with E-state index in [1.165, 1.54) is 0 Å². The molecule has 0 saturated carbocycles. The third-order valence-corrected chi connectivity index (χ3v) is 4.63. The van der Waals surface area contributed by atoms with E-state index >= 15 is 0 Å². The van der Waals surface area contributed by atoms with E-state index < -0.39 is 0 Å². The summed E-state index contributed by atoms with van der Waals surface area (Å²) < 4.78 is 1.61. The third kappa shape index (κ3) is 2.84. The van der Waals surface area contributed by atoms with E-state index in [-0.39, 0.29) is 11.9 Å². The minimum absolute atomic E-state index is 0.0771. The van der Waals surface area contributed by atoms with Crippen molar-refractivity contribution in [2.45, 2.75) is 18.9 Å². The predicted octanol–water partition coefficient (Wildman–Crippen LogP) is 2.74. The molecule has 0 spiro atoms. The summed E-state index contributed by atoms with van der Waals surface area (Å²) in [7, 11) is 0. The molecule has 5 nitrogen and oxygen atoms in total. The molecule has 1 aliphatic heterocycles. The first-order valence-electron chi connectivity index (χ1n) is 7.12. The van der Waals surface area contributed by atoms with Gasteiger partial charge in [0, 0.05) is 25.3 Å². The topological polar surface area (TPSA) is 64.2 Å². The number of amides is 1. The molecule has 1 fully saturated rings. The Morgan fingerprint density at radius 2 is 2.14 bits per heavy atom. The van der Waals surface area contributed by atoms with Crippen LogP contribution in [0.1, 0.15) is 23.3 Å². The first-order chi connectivity index (χ1) is 10.6. The molecule has 116 valence electrons. The first kappa shape index (κ1) is 15.3. The number of nitrogens with zero attached hydrogens (tertiary/aromatic N) is 3. The second kappa shape index (κ2) is 6.28. The van der Waals surface area contributed by atoms with Crippen molar-refractivity contribution in [3.8, 4) is 5.69 Å². The normalized spacial score (nSPS) is 18.0. The van der Waals surface area contributed by atoms with Crippen LogP contribution in [0.25, 0.3) is 5.69 Å². The van der Waals surface area contributed by atoms with Crippen LogP contribution in [0.5, 0.6) is 0 Å². The molecule has 0 bridgehead atoms. The highest BCUT2D eigenvalue weighted by molar-refractivity contribution is 6.42. The second-order valence-corrected chi connectivity index (χ2v) is 6.09. The number of hydrogen-bond donors (Lipinski definition) is 1. The Kier molecular flexibility index (Phi) is 4.38. The van der Waals surface area contributed by atoms with E-state index in [4.69, 9.17) is 28.9 Å². The molecule has 1 amide bonds. The SMILES string of the molecule is NCC1CCCN1C(=O)c1ccn(-c2ccc(Cl)c(Cl)c2)n1. The molecular formula is C15H16Cl2N4O. The molecule has 3 rings (SSSR count). The number of halogens is 2. The van der Waals surface area contributed by atoms with Gasteiger partial charge in [-0.3, -0.25) is 4.79 Å². The minimum Gasteiger partial charge on any atom is -0.333 e. The maximum absolute atomic E-state index is 12.5. The van der Waals surface area contributed by atoms with E-state index in [1.54, 1.807) is 35.1 Å². The smallest absolute Gasteiger partial charge is 0.274 e. The number of likely N-dealkylation sites (tertiary alicyclic amines) is 1. The molecule has 1 aromatic carbocycles. The van der Waals surface area contributed by atoms with Crippen molar-refractivity contribution in [3.63, 3.8) is 0 Å². The number of rotatable bonds is 3. The first-order valence-corrected chi connectivity index (χ1v) is 7.88. The Hall–Kier alpha value is -1.56. The summed E-state index contributed by atoms with van der Waals surface area (Å²) in [6, 6.07) is 7.03. The summed E-state index contributed by atoms with van der Waals surface area (Å²) in [5.41, 5.74) is 6.88. The lowest BCUT2D eigenvalue weighted by molar-refractivity contribution is 0.0735. The average molecular weight is 339 g/mol. The Labute approximate surface area is 138 Å². The fraction of sp³-hybridized carbons (Fsp3) is 0.333. The van der Waals surface area contributed by atoms with Crippen molar-refractivity contribution in [3.05, 3.63) is 46.2 Å². The molecule has 1 unspecified atom stereocenters. The molecule has 1 aromatic heterocycles. The molecule has 1 aliphatic rings. The van der Waals surface area contributed by atoms with Crippen LogP contribution < -0.4 is 5.73 Å². The van der Waals surface area contributed by atoms with Crippen molar-refractivity contribution in [2.75, 3.05) is 13.1 Å². The van der Waals surface area contributed by atoms with Gasteiger partial charge in [0.25, 0.3) is 5.91 Å². The van der Waals surface area contributed by atoms with Crippen molar-refractivity contribution in [1.82, 2.24) is 14.7 Å². The van der Waals surface area contributed by atoms with Crippen LogP contribution >= 0.6 is 23.2 Å². The maximum Gasteiger partial charge on any atom is 0.274 e. The zero-order valence-electron chi connectivity index (χ0n) is 11.9. The molecule has 0 aliphatic carbocycles. The van der Waals surface area contributed by atoms with Gasteiger partial charge in [0.05, 0.1) is 15.7 Å². The Bertz CT molecular complexity index is 701. The predicted molar refractivity (Wildman–Crippen MR) is 86.7 cm³/mol. The highest BCUT2D eigenvalue weighted by atomic mass is 35.5. The number of aromatic nitrogens is 2. The van der Waals surface area contributed by atoms with E-state index in [9.17, 15) is 4.79 Å². The molecule has 2 aromatic rings. The Morgan fingerprint density at radius 1 is 1.32 bits per heavy atom. The van der Waals surface area contributed by atoms with E-state index in [1.807, 2.05) is 4.90 Å². The molecule has 2 N–H and O–H groups in total. The van der Waals surface area contributed by atoms with Gasteiger partial charge in [0.2, 0.25) is 0 Å². The van der Waals surface area contributed by atoms with Gasteiger partial charge in [-0.05, 0) is 37.1 Å². The molecule has 0 radical (unpaired) electrons. The second-order valence-electron chi connectivity index (χ2n) is 5.27. The van der Waals surface area contributed by atoms with Crippen LogP contribution in [0.2, 0.25) is 10.0 Å². The molecule has 7 heteroatoms. The number of nitrogens with two attached hydrogens (primary N) is 1. The summed E-state index contributed by atoms with van der Waals surface area (Å²) in [4.78, 5) is 14.3.